The van der Waals surface area contributed by atoms with Crippen molar-refractivity contribution in [3.63, 3.8) is 0 Å². The second-order valence-corrected chi connectivity index (χ2v) is 2.03. The van der Waals surface area contributed by atoms with Crippen LogP contribution < -0.4 is 4.73 Å². The van der Waals surface area contributed by atoms with E-state index in [4.69, 9.17) is 5.21 Å². The zero-order valence-electron chi connectivity index (χ0n) is 5.15. The Hall–Kier alpha value is -1.58. The minimum atomic E-state index is 0.613. The lowest BCUT2D eigenvalue weighted by atomic mass is 10.4. The summed E-state index contributed by atoms with van der Waals surface area (Å²) in [5.74, 6) is 0. The second-order valence-electron chi connectivity index (χ2n) is 2.03. The third-order valence-electron chi connectivity index (χ3n) is 1.38. The summed E-state index contributed by atoms with van der Waals surface area (Å²) >= 11 is 0. The Morgan fingerprint density at radius 2 is 2.50 bits per heavy atom. The molecule has 2 heterocycles. The third kappa shape index (κ3) is 0.556. The van der Waals surface area contributed by atoms with E-state index in [1.807, 2.05) is 6.07 Å². The molecule has 0 radical (unpaired) electrons. The van der Waals surface area contributed by atoms with Crippen LogP contribution in [0.1, 0.15) is 0 Å². The van der Waals surface area contributed by atoms with Crippen molar-refractivity contribution in [2.24, 2.45) is 0 Å². The Labute approximate surface area is 56.7 Å². The van der Waals surface area contributed by atoms with Crippen LogP contribution in [0.25, 0.3) is 11.0 Å². The van der Waals surface area contributed by atoms with Crippen LogP contribution in [0, 0.1) is 0 Å². The molecule has 2 aromatic heterocycles. The molecule has 0 fully saturated rings. The number of pyridine rings is 1. The van der Waals surface area contributed by atoms with Crippen molar-refractivity contribution in [1.29, 1.82) is 0 Å². The normalized spacial score (nSPS) is 10.4. The highest BCUT2D eigenvalue weighted by Crippen LogP contribution is 2.01. The molecule has 0 aromatic carbocycles. The lowest BCUT2D eigenvalue weighted by molar-refractivity contribution is -0.886. The van der Waals surface area contributed by atoms with Crippen molar-refractivity contribution in [3.8, 4) is 0 Å². The molecule has 2 rings (SSSR count). The molecule has 10 heavy (non-hydrogen) atoms. The molecule has 4 nitrogen and oxygen atoms in total. The van der Waals surface area contributed by atoms with Gasteiger partial charge >= 0.3 is 5.65 Å². The van der Waals surface area contributed by atoms with E-state index in [0.717, 1.165) is 10.1 Å². The highest BCUT2D eigenvalue weighted by Gasteiger charge is 2.05. The van der Waals surface area contributed by atoms with Gasteiger partial charge in [-0.3, -0.25) is 0 Å². The highest BCUT2D eigenvalue weighted by molar-refractivity contribution is 5.69. The molecule has 2 aromatic rings. The molecule has 0 saturated carbocycles. The largest absolute Gasteiger partial charge is 0.350 e. The maximum absolute atomic E-state index is 9.11. The van der Waals surface area contributed by atoms with E-state index in [2.05, 4.69) is 10.2 Å². The first kappa shape index (κ1) is 5.22. The summed E-state index contributed by atoms with van der Waals surface area (Å²) in [5, 5.41) is 16.4. The zero-order chi connectivity index (χ0) is 6.97. The van der Waals surface area contributed by atoms with Gasteiger partial charge in [-0.1, -0.05) is 5.10 Å². The number of aromatic amines is 1. The van der Waals surface area contributed by atoms with E-state index in [1.54, 1.807) is 18.5 Å². The quantitative estimate of drug-likeness (QED) is 0.398. The van der Waals surface area contributed by atoms with Gasteiger partial charge in [0.15, 0.2) is 0 Å². The number of fused-ring (bicyclic) bond motifs is 1. The molecule has 0 aliphatic rings. The SMILES string of the molecule is O[n+]1cccc2cn[nH]c21. The standard InChI is InChI=1S/C6H5N3O/c10-9-3-1-2-5-4-7-8-6(5)9/h1-4,10H/p+1. The Morgan fingerprint density at radius 1 is 1.60 bits per heavy atom. The maximum Gasteiger partial charge on any atom is 0.347 e. The molecular weight excluding hydrogens is 130 g/mol. The lowest BCUT2D eigenvalue weighted by Gasteiger charge is -1.84. The van der Waals surface area contributed by atoms with Crippen molar-refractivity contribution < 1.29 is 9.94 Å². The maximum atomic E-state index is 9.11. The number of nitrogens with one attached hydrogen (secondary N) is 1. The van der Waals surface area contributed by atoms with Gasteiger partial charge < -0.3 is 5.21 Å². The Morgan fingerprint density at radius 3 is 3.30 bits per heavy atom. The monoisotopic (exact) mass is 136 g/mol. The summed E-state index contributed by atoms with van der Waals surface area (Å²) < 4.78 is 1.00. The van der Waals surface area contributed by atoms with Gasteiger partial charge in [-0.25, -0.2) is 0 Å². The molecule has 0 amide bonds. The summed E-state index contributed by atoms with van der Waals surface area (Å²) in [6.07, 6.45) is 3.20. The van der Waals surface area contributed by atoms with Crippen LogP contribution in [-0.2, 0) is 0 Å². The average Bonchev–Trinajstić information content (AvgIpc) is 2.36. The van der Waals surface area contributed by atoms with Gasteiger partial charge in [0.25, 0.3) is 0 Å². The summed E-state index contributed by atoms with van der Waals surface area (Å²) in [6, 6.07) is 3.61. The second kappa shape index (κ2) is 1.70. The summed E-state index contributed by atoms with van der Waals surface area (Å²) in [7, 11) is 0. The van der Waals surface area contributed by atoms with Gasteiger partial charge in [0.1, 0.15) is 6.20 Å². The smallest absolute Gasteiger partial charge is 0.347 e. The molecule has 0 spiro atoms. The number of hydrogen-bond acceptors (Lipinski definition) is 2. The Kier molecular flexibility index (Phi) is 0.887. The Balaban J connectivity index is 2.95. The fourth-order valence-corrected chi connectivity index (χ4v) is 0.897. The van der Waals surface area contributed by atoms with Crippen molar-refractivity contribution >= 4 is 11.0 Å². The minimum absolute atomic E-state index is 0.613. The summed E-state index contributed by atoms with van der Waals surface area (Å²) in [4.78, 5) is 0. The number of hydrogen-bond donors (Lipinski definition) is 2. The first-order chi connectivity index (χ1) is 4.88. The molecule has 0 atom stereocenters. The fraction of sp³-hybridized carbons (Fsp3) is 0. The Bertz CT molecular complexity index is 355. The van der Waals surface area contributed by atoms with Crippen LogP contribution in [0.4, 0.5) is 0 Å². The number of H-pyrrole nitrogens is 1. The van der Waals surface area contributed by atoms with Gasteiger partial charge in [0.05, 0.1) is 11.6 Å². The first-order valence-electron chi connectivity index (χ1n) is 2.91. The van der Waals surface area contributed by atoms with Crippen molar-refractivity contribution in [2.45, 2.75) is 0 Å². The van der Waals surface area contributed by atoms with Gasteiger partial charge in [-0.2, -0.15) is 0 Å². The van der Waals surface area contributed by atoms with E-state index in [9.17, 15) is 0 Å². The molecule has 50 valence electrons. The summed E-state index contributed by atoms with van der Waals surface area (Å²) in [5.41, 5.74) is 0.613. The van der Waals surface area contributed by atoms with Gasteiger partial charge in [0.2, 0.25) is 0 Å². The van der Waals surface area contributed by atoms with E-state index in [-0.39, 0.29) is 0 Å². The van der Waals surface area contributed by atoms with Crippen LogP contribution in [0.3, 0.4) is 0 Å². The van der Waals surface area contributed by atoms with Crippen molar-refractivity contribution in [3.05, 3.63) is 24.5 Å². The topological polar surface area (TPSA) is 52.8 Å². The van der Waals surface area contributed by atoms with E-state index < -0.39 is 0 Å². The molecule has 0 unspecified atom stereocenters. The van der Waals surface area contributed by atoms with Gasteiger partial charge in [-0.15, -0.1) is 5.10 Å². The zero-order valence-corrected chi connectivity index (χ0v) is 5.15. The number of nitrogens with zero attached hydrogens (tertiary/aromatic N) is 2. The predicted molar refractivity (Wildman–Crippen MR) is 33.5 cm³/mol. The molecular formula is C6H6N3O+. The molecule has 0 aliphatic carbocycles. The van der Waals surface area contributed by atoms with Crippen molar-refractivity contribution in [1.82, 2.24) is 10.2 Å². The number of rotatable bonds is 0. The van der Waals surface area contributed by atoms with Crippen LogP contribution >= 0.6 is 0 Å². The van der Waals surface area contributed by atoms with E-state index in [1.165, 1.54) is 0 Å². The van der Waals surface area contributed by atoms with Gasteiger partial charge in [0, 0.05) is 0 Å². The summed E-state index contributed by atoms with van der Waals surface area (Å²) in [6.45, 7) is 0. The van der Waals surface area contributed by atoms with Crippen LogP contribution in [0.15, 0.2) is 24.5 Å². The highest BCUT2D eigenvalue weighted by atomic mass is 16.5. The van der Waals surface area contributed by atoms with Crippen molar-refractivity contribution in [2.75, 3.05) is 0 Å². The van der Waals surface area contributed by atoms with E-state index >= 15 is 0 Å². The predicted octanol–water partition coefficient (Wildman–Crippen LogP) is 0.0877. The molecule has 0 bridgehead atoms. The molecule has 2 N–H and O–H groups in total. The molecule has 4 heteroatoms. The van der Waals surface area contributed by atoms with Crippen LogP contribution in [0.2, 0.25) is 0 Å². The fourth-order valence-electron chi connectivity index (χ4n) is 0.897. The number of aromatic nitrogens is 3. The van der Waals surface area contributed by atoms with Gasteiger partial charge in [-0.05, 0) is 16.9 Å². The molecule has 0 aliphatic heterocycles. The lowest BCUT2D eigenvalue weighted by Crippen LogP contribution is -2.29. The first-order valence-corrected chi connectivity index (χ1v) is 2.91. The van der Waals surface area contributed by atoms with Crippen LogP contribution in [0.5, 0.6) is 0 Å². The minimum Gasteiger partial charge on any atom is -0.350 e. The van der Waals surface area contributed by atoms with E-state index in [0.29, 0.717) is 5.65 Å². The third-order valence-corrected chi connectivity index (χ3v) is 1.38. The average molecular weight is 136 g/mol. The molecule has 0 saturated heterocycles. The van der Waals surface area contributed by atoms with Crippen LogP contribution in [-0.4, -0.2) is 15.4 Å².